The van der Waals surface area contributed by atoms with Gasteiger partial charge in [-0.3, -0.25) is 14.5 Å². The van der Waals surface area contributed by atoms with Gasteiger partial charge in [0.1, 0.15) is 23.9 Å². The Morgan fingerprint density at radius 2 is 1.85 bits per heavy atom. The number of carbonyl (C=O) groups excluding carboxylic acids is 2. The SMILES string of the molecule is CCOc1ccc([C@H](C(=O)NCCC(C)C)N(C(=O)Cn2nnc3ccccc32)c2cccc(F)c2)cc1OC. The number of rotatable bonds is 12. The first-order valence-corrected chi connectivity index (χ1v) is 13.3. The van der Waals surface area contributed by atoms with Crippen LogP contribution in [0.25, 0.3) is 11.0 Å². The Bertz CT molecular complexity index is 1470. The van der Waals surface area contributed by atoms with Crippen molar-refractivity contribution in [1.82, 2.24) is 20.3 Å². The second-order valence-corrected chi connectivity index (χ2v) is 9.70. The topological polar surface area (TPSA) is 98.6 Å². The van der Waals surface area contributed by atoms with Gasteiger partial charge in [0.15, 0.2) is 11.5 Å². The molecule has 1 atom stereocenters. The molecule has 0 aliphatic rings. The molecule has 0 radical (unpaired) electrons. The lowest BCUT2D eigenvalue weighted by atomic mass is 10.0. The van der Waals surface area contributed by atoms with Crippen molar-refractivity contribution in [2.24, 2.45) is 5.92 Å². The van der Waals surface area contributed by atoms with Gasteiger partial charge in [0.2, 0.25) is 11.8 Å². The number of methoxy groups -OCH3 is 1. The van der Waals surface area contributed by atoms with E-state index in [1.807, 2.05) is 25.1 Å². The molecule has 4 rings (SSSR count). The van der Waals surface area contributed by atoms with Crippen LogP contribution < -0.4 is 19.7 Å². The van der Waals surface area contributed by atoms with Gasteiger partial charge in [-0.2, -0.15) is 0 Å². The number of nitrogens with one attached hydrogen (secondary N) is 1. The number of fused-ring (bicyclic) bond motifs is 1. The van der Waals surface area contributed by atoms with Crippen LogP contribution in [0.4, 0.5) is 10.1 Å². The summed E-state index contributed by atoms with van der Waals surface area (Å²) in [6, 6.07) is 16.8. The van der Waals surface area contributed by atoms with Gasteiger partial charge in [0, 0.05) is 12.2 Å². The highest BCUT2D eigenvalue weighted by Crippen LogP contribution is 2.35. The van der Waals surface area contributed by atoms with Gasteiger partial charge in [-0.15, -0.1) is 5.10 Å². The fourth-order valence-electron chi connectivity index (χ4n) is 4.43. The minimum absolute atomic E-state index is 0.221. The van der Waals surface area contributed by atoms with Crippen LogP contribution in [-0.4, -0.2) is 47.1 Å². The van der Waals surface area contributed by atoms with Crippen LogP contribution in [0.3, 0.4) is 0 Å². The third-order valence-electron chi connectivity index (χ3n) is 6.39. The average Bonchev–Trinajstić information content (AvgIpc) is 3.34. The quantitative estimate of drug-likeness (QED) is 0.271. The van der Waals surface area contributed by atoms with Crippen molar-refractivity contribution in [3.8, 4) is 11.5 Å². The van der Waals surface area contributed by atoms with Crippen LogP contribution in [0.5, 0.6) is 11.5 Å². The number of nitrogens with zero attached hydrogens (tertiary/aromatic N) is 4. The molecule has 2 amide bonds. The Morgan fingerprint density at radius 1 is 1.05 bits per heavy atom. The second-order valence-electron chi connectivity index (χ2n) is 9.70. The fraction of sp³-hybridized carbons (Fsp3) is 0.333. The molecule has 40 heavy (non-hydrogen) atoms. The van der Waals surface area contributed by atoms with Crippen molar-refractivity contribution in [2.75, 3.05) is 25.2 Å². The van der Waals surface area contributed by atoms with Gasteiger partial charge in [-0.25, -0.2) is 9.07 Å². The highest BCUT2D eigenvalue weighted by atomic mass is 19.1. The molecule has 4 aromatic rings. The summed E-state index contributed by atoms with van der Waals surface area (Å²) in [5, 5.41) is 11.2. The largest absolute Gasteiger partial charge is 0.493 e. The number of benzene rings is 3. The molecule has 0 bridgehead atoms. The maximum Gasteiger partial charge on any atom is 0.249 e. The molecule has 1 N–H and O–H groups in total. The van der Waals surface area contributed by atoms with Crippen molar-refractivity contribution in [1.29, 1.82) is 0 Å². The lowest BCUT2D eigenvalue weighted by Gasteiger charge is -2.32. The van der Waals surface area contributed by atoms with E-state index in [1.165, 1.54) is 34.9 Å². The summed E-state index contributed by atoms with van der Waals surface area (Å²) in [5.41, 5.74) is 2.00. The molecule has 3 aromatic carbocycles. The highest BCUT2D eigenvalue weighted by Gasteiger charge is 2.34. The standard InChI is InChI=1S/C30H34FN5O4/c1-5-40-26-14-13-21(17-27(26)39-4)29(30(38)32-16-15-20(2)3)36(23-10-8-9-22(31)18-23)28(37)19-35-25-12-7-6-11-24(25)33-34-35/h6-14,17-18,20,29H,5,15-16,19H2,1-4H3,(H,32,38)/t29-/m1/s1. The van der Waals surface area contributed by atoms with Crippen molar-refractivity contribution in [3.05, 3.63) is 78.1 Å². The zero-order valence-corrected chi connectivity index (χ0v) is 23.1. The zero-order valence-electron chi connectivity index (χ0n) is 23.1. The molecular formula is C30H34FN5O4. The number of hydrogen-bond acceptors (Lipinski definition) is 6. The zero-order chi connectivity index (χ0) is 28.6. The van der Waals surface area contributed by atoms with Gasteiger partial charge in [-0.05, 0) is 67.3 Å². The molecule has 1 aromatic heterocycles. The summed E-state index contributed by atoms with van der Waals surface area (Å²) in [6.45, 7) is 6.60. The van der Waals surface area contributed by atoms with Gasteiger partial charge < -0.3 is 14.8 Å². The van der Waals surface area contributed by atoms with E-state index in [2.05, 4.69) is 29.5 Å². The lowest BCUT2D eigenvalue weighted by Crippen LogP contribution is -2.45. The summed E-state index contributed by atoms with van der Waals surface area (Å²) < 4.78 is 27.2. The van der Waals surface area contributed by atoms with Crippen molar-refractivity contribution < 1.29 is 23.5 Å². The minimum Gasteiger partial charge on any atom is -0.493 e. The van der Waals surface area contributed by atoms with Crippen LogP contribution in [0, 0.1) is 11.7 Å². The Labute approximate surface area is 232 Å². The Morgan fingerprint density at radius 3 is 2.58 bits per heavy atom. The number of ether oxygens (including phenoxy) is 2. The van der Waals surface area contributed by atoms with E-state index in [-0.39, 0.29) is 12.2 Å². The molecular weight excluding hydrogens is 513 g/mol. The number of para-hydroxylation sites is 1. The van der Waals surface area contributed by atoms with Crippen LogP contribution in [0.2, 0.25) is 0 Å². The summed E-state index contributed by atoms with van der Waals surface area (Å²) in [4.78, 5) is 29.2. The monoisotopic (exact) mass is 547 g/mol. The number of halogens is 1. The third kappa shape index (κ3) is 6.56. The normalized spacial score (nSPS) is 11.8. The number of anilines is 1. The highest BCUT2D eigenvalue weighted by molar-refractivity contribution is 6.01. The molecule has 0 spiro atoms. The van der Waals surface area contributed by atoms with E-state index in [4.69, 9.17) is 9.47 Å². The Hall–Kier alpha value is -4.47. The Balaban J connectivity index is 1.81. The van der Waals surface area contributed by atoms with Gasteiger partial charge >= 0.3 is 0 Å². The Kier molecular flexibility index (Phi) is 9.31. The maximum absolute atomic E-state index is 14.5. The number of amides is 2. The molecule has 1 heterocycles. The van der Waals surface area contributed by atoms with Gasteiger partial charge in [0.25, 0.3) is 0 Å². The predicted octanol–water partition coefficient (Wildman–Crippen LogP) is 4.91. The summed E-state index contributed by atoms with van der Waals surface area (Å²) in [5.74, 6) is -0.139. The first kappa shape index (κ1) is 28.5. The van der Waals surface area contributed by atoms with Crippen molar-refractivity contribution in [2.45, 2.75) is 39.8 Å². The second kappa shape index (κ2) is 13.1. The first-order chi connectivity index (χ1) is 19.3. The maximum atomic E-state index is 14.5. The van der Waals surface area contributed by atoms with E-state index in [1.54, 1.807) is 30.3 Å². The number of carbonyl (C=O) groups is 2. The summed E-state index contributed by atoms with van der Waals surface area (Å²) in [7, 11) is 1.50. The number of hydrogen-bond donors (Lipinski definition) is 1. The molecule has 0 saturated heterocycles. The fourth-order valence-corrected chi connectivity index (χ4v) is 4.43. The molecule has 0 fully saturated rings. The minimum atomic E-state index is -1.14. The summed E-state index contributed by atoms with van der Waals surface area (Å²) >= 11 is 0. The van der Waals surface area contributed by atoms with Gasteiger partial charge in [-0.1, -0.05) is 43.3 Å². The smallest absolute Gasteiger partial charge is 0.249 e. The molecule has 10 heteroatoms. The average molecular weight is 548 g/mol. The van der Waals surface area contributed by atoms with Gasteiger partial charge in [0.05, 0.1) is 19.2 Å². The molecule has 0 saturated carbocycles. The van der Waals surface area contributed by atoms with E-state index < -0.39 is 23.7 Å². The van der Waals surface area contributed by atoms with Crippen LogP contribution in [0.15, 0.2) is 66.7 Å². The van der Waals surface area contributed by atoms with E-state index in [0.29, 0.717) is 47.2 Å². The molecule has 0 aliphatic heterocycles. The molecule has 9 nitrogen and oxygen atoms in total. The predicted molar refractivity (Wildman–Crippen MR) is 151 cm³/mol. The van der Waals surface area contributed by atoms with Crippen molar-refractivity contribution >= 4 is 28.5 Å². The molecule has 0 unspecified atom stereocenters. The van der Waals surface area contributed by atoms with Crippen LogP contribution >= 0.6 is 0 Å². The summed E-state index contributed by atoms with van der Waals surface area (Å²) in [6.07, 6.45) is 0.754. The number of aromatic nitrogens is 3. The van der Waals surface area contributed by atoms with Crippen LogP contribution in [-0.2, 0) is 16.1 Å². The third-order valence-corrected chi connectivity index (χ3v) is 6.39. The first-order valence-electron chi connectivity index (χ1n) is 13.3. The molecule has 210 valence electrons. The van der Waals surface area contributed by atoms with E-state index in [0.717, 1.165) is 6.42 Å². The van der Waals surface area contributed by atoms with Crippen LogP contribution in [0.1, 0.15) is 38.8 Å². The lowest BCUT2D eigenvalue weighted by molar-refractivity contribution is -0.127. The molecule has 0 aliphatic carbocycles. The van der Waals surface area contributed by atoms with Crippen molar-refractivity contribution in [3.63, 3.8) is 0 Å². The van der Waals surface area contributed by atoms with E-state index >= 15 is 0 Å². The van der Waals surface area contributed by atoms with E-state index in [9.17, 15) is 14.0 Å².